The zero-order valence-corrected chi connectivity index (χ0v) is 11.1. The van der Waals surface area contributed by atoms with E-state index in [1.165, 1.54) is 12.1 Å². The number of benzene rings is 2. The molecule has 0 unspecified atom stereocenters. The smallest absolute Gasteiger partial charge is 0.335 e. The van der Waals surface area contributed by atoms with Crippen molar-refractivity contribution in [3.8, 4) is 17.2 Å². The summed E-state index contributed by atoms with van der Waals surface area (Å²) >= 11 is 0. The third-order valence-electron chi connectivity index (χ3n) is 3.03. The molecule has 2 aromatic carbocycles. The molecule has 0 atom stereocenters. The summed E-state index contributed by atoms with van der Waals surface area (Å²) in [7, 11) is 0. The van der Waals surface area contributed by atoms with Gasteiger partial charge in [-0.25, -0.2) is 9.59 Å². The molecular weight excluding hydrogens is 270 g/mol. The first-order chi connectivity index (χ1) is 9.92. The van der Waals surface area contributed by atoms with Gasteiger partial charge in [-0.3, -0.25) is 0 Å². The Balaban J connectivity index is 2.72. The van der Waals surface area contributed by atoms with E-state index in [0.717, 1.165) is 11.6 Å². The van der Waals surface area contributed by atoms with Crippen LogP contribution in [0.25, 0.3) is 11.1 Å². The molecule has 0 radical (unpaired) electrons. The van der Waals surface area contributed by atoms with Crippen LogP contribution in [0.4, 0.5) is 0 Å². The first-order valence-electron chi connectivity index (χ1n) is 6.05. The van der Waals surface area contributed by atoms with E-state index in [9.17, 15) is 14.9 Å². The maximum atomic E-state index is 11.1. The van der Waals surface area contributed by atoms with Crippen LogP contribution in [-0.4, -0.2) is 22.2 Å². The minimum absolute atomic E-state index is 0.130. The molecule has 0 aliphatic rings. The van der Waals surface area contributed by atoms with Gasteiger partial charge in [0.25, 0.3) is 0 Å². The predicted molar refractivity (Wildman–Crippen MR) is 75.2 cm³/mol. The van der Waals surface area contributed by atoms with Crippen LogP contribution in [0.3, 0.4) is 0 Å². The molecule has 104 valence electrons. The number of carboxylic acids is 2. The van der Waals surface area contributed by atoms with E-state index < -0.39 is 11.9 Å². The van der Waals surface area contributed by atoms with Crippen molar-refractivity contribution >= 4 is 11.9 Å². The molecule has 0 aliphatic carbocycles. The second kappa shape index (κ2) is 5.47. The third kappa shape index (κ3) is 2.90. The molecule has 0 heterocycles. The molecule has 2 aromatic rings. The number of hydrogen-bond donors (Lipinski definition) is 2. The van der Waals surface area contributed by atoms with Gasteiger partial charge in [0.2, 0.25) is 0 Å². The monoisotopic (exact) mass is 281 g/mol. The van der Waals surface area contributed by atoms with Crippen molar-refractivity contribution in [3.05, 3.63) is 58.7 Å². The molecule has 0 saturated carbocycles. The Morgan fingerprint density at radius 3 is 2.05 bits per heavy atom. The van der Waals surface area contributed by atoms with Crippen molar-refractivity contribution in [2.45, 2.75) is 6.92 Å². The fourth-order valence-corrected chi connectivity index (χ4v) is 2.03. The average molecular weight is 281 g/mol. The minimum atomic E-state index is -1.22. The summed E-state index contributed by atoms with van der Waals surface area (Å²) in [6.45, 7) is 1.83. The van der Waals surface area contributed by atoms with E-state index in [2.05, 4.69) is 0 Å². The van der Waals surface area contributed by atoms with Crippen molar-refractivity contribution in [2.75, 3.05) is 0 Å². The molecular formula is C16H11NO4. The fourth-order valence-electron chi connectivity index (χ4n) is 2.03. The molecule has 0 aliphatic heterocycles. The summed E-state index contributed by atoms with van der Waals surface area (Å²) in [5, 5.41) is 27.3. The predicted octanol–water partition coefficient (Wildman–Crippen LogP) is 2.93. The van der Waals surface area contributed by atoms with Gasteiger partial charge in [-0.2, -0.15) is 5.26 Å². The topological polar surface area (TPSA) is 98.4 Å². The normalized spacial score (nSPS) is 9.90. The number of hydrogen-bond acceptors (Lipinski definition) is 3. The SMILES string of the molecule is Cc1ccc(-c2cc(C(=O)O)cc(C(=O)O)c2)c(C#N)c1. The number of carbonyl (C=O) groups is 2. The molecule has 2 N–H and O–H groups in total. The molecule has 0 spiro atoms. The zero-order chi connectivity index (χ0) is 15.6. The Bertz CT molecular complexity index is 755. The second-order valence-corrected chi connectivity index (χ2v) is 4.57. The van der Waals surface area contributed by atoms with Crippen LogP contribution in [-0.2, 0) is 0 Å². The van der Waals surface area contributed by atoms with Gasteiger partial charge in [-0.15, -0.1) is 0 Å². The number of carboxylic acid groups (broad SMARTS) is 2. The van der Waals surface area contributed by atoms with E-state index in [1.807, 2.05) is 13.0 Å². The molecule has 21 heavy (non-hydrogen) atoms. The molecule has 0 bridgehead atoms. The standard InChI is InChI=1S/C16H11NO4/c1-9-2-3-14(13(4-9)8-17)10-5-11(15(18)19)7-12(6-10)16(20)21/h2-7H,1H3,(H,18,19)(H,20,21). The average Bonchev–Trinajstić information content (AvgIpc) is 2.46. The fraction of sp³-hybridized carbons (Fsp3) is 0.0625. The van der Waals surface area contributed by atoms with E-state index >= 15 is 0 Å². The highest BCUT2D eigenvalue weighted by Gasteiger charge is 2.14. The van der Waals surface area contributed by atoms with Crippen molar-refractivity contribution in [1.29, 1.82) is 5.26 Å². The maximum Gasteiger partial charge on any atom is 0.335 e. The zero-order valence-electron chi connectivity index (χ0n) is 11.1. The van der Waals surface area contributed by atoms with Gasteiger partial charge in [-0.1, -0.05) is 12.1 Å². The van der Waals surface area contributed by atoms with Gasteiger partial charge >= 0.3 is 11.9 Å². The first kappa shape index (κ1) is 14.3. The van der Waals surface area contributed by atoms with Crippen LogP contribution in [0.15, 0.2) is 36.4 Å². The molecule has 0 fully saturated rings. The summed E-state index contributed by atoms with van der Waals surface area (Å²) in [6.07, 6.45) is 0. The van der Waals surface area contributed by atoms with Crippen LogP contribution in [0.2, 0.25) is 0 Å². The van der Waals surface area contributed by atoms with E-state index in [4.69, 9.17) is 10.2 Å². The van der Waals surface area contributed by atoms with Gasteiger partial charge in [0.05, 0.1) is 22.8 Å². The van der Waals surface area contributed by atoms with E-state index in [0.29, 0.717) is 16.7 Å². The Hall–Kier alpha value is -3.13. The summed E-state index contributed by atoms with van der Waals surface area (Å²) < 4.78 is 0. The molecule has 2 rings (SSSR count). The highest BCUT2D eigenvalue weighted by molar-refractivity contribution is 5.96. The molecule has 0 saturated heterocycles. The molecule has 5 heteroatoms. The lowest BCUT2D eigenvalue weighted by molar-refractivity contribution is 0.0696. The second-order valence-electron chi connectivity index (χ2n) is 4.57. The lowest BCUT2D eigenvalue weighted by atomic mass is 9.95. The van der Waals surface area contributed by atoms with Gasteiger partial charge in [0, 0.05) is 0 Å². The quantitative estimate of drug-likeness (QED) is 0.901. The highest BCUT2D eigenvalue weighted by Crippen LogP contribution is 2.27. The van der Waals surface area contributed by atoms with Crippen LogP contribution in [0.5, 0.6) is 0 Å². The van der Waals surface area contributed by atoms with Gasteiger partial charge in [0.15, 0.2) is 0 Å². The van der Waals surface area contributed by atoms with Crippen molar-refractivity contribution in [3.63, 3.8) is 0 Å². The van der Waals surface area contributed by atoms with E-state index in [-0.39, 0.29) is 11.1 Å². The van der Waals surface area contributed by atoms with Crippen LogP contribution in [0, 0.1) is 18.3 Å². The highest BCUT2D eigenvalue weighted by atomic mass is 16.4. The number of nitriles is 1. The van der Waals surface area contributed by atoms with Gasteiger partial charge < -0.3 is 10.2 Å². The molecule has 0 amide bonds. The van der Waals surface area contributed by atoms with Crippen LogP contribution in [0.1, 0.15) is 31.8 Å². The van der Waals surface area contributed by atoms with E-state index in [1.54, 1.807) is 18.2 Å². The number of rotatable bonds is 3. The molecule has 0 aromatic heterocycles. The Morgan fingerprint density at radius 2 is 1.57 bits per heavy atom. The lowest BCUT2D eigenvalue weighted by Crippen LogP contribution is -2.03. The number of aryl methyl sites for hydroxylation is 1. The van der Waals surface area contributed by atoms with Crippen LogP contribution < -0.4 is 0 Å². The number of nitrogens with zero attached hydrogens (tertiary/aromatic N) is 1. The Kier molecular flexibility index (Phi) is 3.72. The van der Waals surface area contributed by atoms with Gasteiger partial charge in [0.1, 0.15) is 0 Å². The number of aromatic carboxylic acids is 2. The third-order valence-corrected chi connectivity index (χ3v) is 3.03. The minimum Gasteiger partial charge on any atom is -0.478 e. The van der Waals surface area contributed by atoms with Crippen LogP contribution >= 0.6 is 0 Å². The summed E-state index contributed by atoms with van der Waals surface area (Å²) in [6, 6.07) is 11.0. The molecule has 5 nitrogen and oxygen atoms in total. The van der Waals surface area contributed by atoms with Crippen molar-refractivity contribution < 1.29 is 19.8 Å². The first-order valence-corrected chi connectivity index (χ1v) is 6.05. The summed E-state index contributed by atoms with van der Waals surface area (Å²) in [4.78, 5) is 22.2. The van der Waals surface area contributed by atoms with Gasteiger partial charge in [-0.05, 0) is 47.9 Å². The summed E-state index contributed by atoms with van der Waals surface area (Å²) in [5.74, 6) is -2.44. The maximum absolute atomic E-state index is 11.1. The summed E-state index contributed by atoms with van der Waals surface area (Å²) in [5.41, 5.74) is 1.90. The van der Waals surface area contributed by atoms with Crippen molar-refractivity contribution in [2.24, 2.45) is 0 Å². The largest absolute Gasteiger partial charge is 0.478 e. The Labute approximate surface area is 120 Å². The van der Waals surface area contributed by atoms with Crippen molar-refractivity contribution in [1.82, 2.24) is 0 Å². The Morgan fingerprint density at radius 1 is 1.00 bits per heavy atom. The lowest BCUT2D eigenvalue weighted by Gasteiger charge is -2.08.